The van der Waals surface area contributed by atoms with Crippen LogP contribution in [0, 0.1) is 22.7 Å². The number of carbonyl (C=O) groups is 8. The van der Waals surface area contributed by atoms with Gasteiger partial charge in [0.25, 0.3) is 23.6 Å². The third-order valence-electron chi connectivity index (χ3n) is 17.4. The number of aromatic nitrogens is 2. The van der Waals surface area contributed by atoms with Gasteiger partial charge in [0, 0.05) is 23.9 Å². The fraction of sp³-hybridized carbons (Fsp3) is 0.559. The number of esters is 2. The van der Waals surface area contributed by atoms with Gasteiger partial charge < -0.3 is 40.3 Å². The van der Waals surface area contributed by atoms with Crippen molar-refractivity contribution in [3.05, 3.63) is 95.3 Å². The maximum atomic E-state index is 14.1. The second-order valence-corrected chi connectivity index (χ2v) is 31.6. The second-order valence-electron chi connectivity index (χ2n) is 26.8. The number of pyridine rings is 2. The van der Waals surface area contributed by atoms with Crippen LogP contribution in [0.1, 0.15) is 165 Å². The van der Waals surface area contributed by atoms with E-state index in [9.17, 15) is 43.5 Å². The van der Waals surface area contributed by atoms with Gasteiger partial charge in [0.2, 0.25) is 11.8 Å². The molecule has 2 saturated heterocycles. The zero-order valence-electron chi connectivity index (χ0n) is 54.2. The first-order chi connectivity index (χ1) is 41.7. The highest BCUT2D eigenvalue weighted by Gasteiger charge is 2.44. The van der Waals surface area contributed by atoms with Crippen molar-refractivity contribution in [2.45, 2.75) is 197 Å². The number of ether oxygens (including phenoxy) is 2. The van der Waals surface area contributed by atoms with Crippen LogP contribution in [0.25, 0.3) is 34.0 Å². The molecule has 4 aromatic rings. The smallest absolute Gasteiger partial charge is 0.318 e. The Morgan fingerprint density at radius 3 is 1.35 bits per heavy atom. The van der Waals surface area contributed by atoms with Crippen molar-refractivity contribution in [1.82, 2.24) is 52.1 Å². The molecular formula is C68H100N10O12Si. The third-order valence-corrected chi connectivity index (χ3v) is 21.8. The quantitative estimate of drug-likeness (QED) is 0.0705. The Morgan fingerprint density at radius 1 is 0.593 bits per heavy atom. The lowest BCUT2D eigenvalue weighted by molar-refractivity contribution is -0.167. The number of hydrazine groups is 2. The highest BCUT2D eigenvalue weighted by atomic mass is 28.4. The van der Waals surface area contributed by atoms with Gasteiger partial charge in [-0.2, -0.15) is 0 Å². The molecule has 6 heterocycles. The van der Waals surface area contributed by atoms with Gasteiger partial charge >= 0.3 is 11.9 Å². The molecule has 23 heteroatoms. The van der Waals surface area contributed by atoms with E-state index < -0.39 is 110 Å². The predicted octanol–water partition coefficient (Wildman–Crippen LogP) is 8.31. The number of hydrogen-bond donors (Lipinski definition) is 7. The summed E-state index contributed by atoms with van der Waals surface area (Å²) in [6.07, 6.45) is 6.83. The molecular weight excluding hydrogens is 1180 g/mol. The van der Waals surface area contributed by atoms with E-state index in [1.54, 1.807) is 66.7 Å². The summed E-state index contributed by atoms with van der Waals surface area (Å²) in [5.74, 6) is -4.66. The highest BCUT2D eigenvalue weighted by molar-refractivity contribution is 6.74. The van der Waals surface area contributed by atoms with Crippen LogP contribution in [0.4, 0.5) is 0 Å². The molecule has 91 heavy (non-hydrogen) atoms. The summed E-state index contributed by atoms with van der Waals surface area (Å²) in [7, 11) is -2.27. The van der Waals surface area contributed by atoms with Crippen LogP contribution in [-0.4, -0.2) is 143 Å². The van der Waals surface area contributed by atoms with Crippen LogP contribution in [0.3, 0.4) is 0 Å². The molecule has 2 aromatic heterocycles. The van der Waals surface area contributed by atoms with Crippen LogP contribution < -0.4 is 32.1 Å². The fourth-order valence-electron chi connectivity index (χ4n) is 10.2. The van der Waals surface area contributed by atoms with Gasteiger partial charge in [-0.15, -0.1) is 0 Å². The van der Waals surface area contributed by atoms with E-state index in [4.69, 9.17) is 23.9 Å². The van der Waals surface area contributed by atoms with Gasteiger partial charge in [-0.3, -0.25) is 58.3 Å². The standard InChI is InChI=1S/C36H53N5O6Si.C30H39N5O6.2CH4/c1-22(2)30-32(43)38-24(4)33(44)41-19-11-12-28(40-41)31(42)37-23(3)27-16-15-26-14-13-25(20-29(26)39-27)17-18-36(8,34(45)47-30)21-46-48(9,10)35(5,6)7;1-17(2)25-27(38)32-19(4)28(39)35-14-6-7-23(34-35)26(37)31-18(3)22-11-10-21-9-8-20(15-24(21)33-22)12-13-30(5,16-36)29(40)41-25;;/h13-18,20,22-24,28,30,40H,11-12,19,21H2,1-10H3,(H,37,42)(H,38,43);8-13,15,17-19,23,25,34,36H,6-7,14,16H2,1-5H3,(H,31,37)(H,32,38);2*1H4/b18-17+;13-12+;;/t23-,24+,28+,30+,36-;18-,19+,23+,25+,30-;;/m11../s1. The lowest BCUT2D eigenvalue weighted by Gasteiger charge is -2.39. The minimum atomic E-state index is -2.27. The Morgan fingerprint density at radius 2 is 0.967 bits per heavy atom. The summed E-state index contributed by atoms with van der Waals surface area (Å²) >= 11 is 0. The van der Waals surface area contributed by atoms with Crippen LogP contribution in [-0.2, 0) is 52.3 Å². The number of nitrogens with zero attached hydrogens (tertiary/aromatic N) is 4. The Balaban J connectivity index is 0.000000327. The van der Waals surface area contributed by atoms with Crippen molar-refractivity contribution in [3.8, 4) is 0 Å². The summed E-state index contributed by atoms with van der Waals surface area (Å²) in [6, 6.07) is 15.2. The number of benzene rings is 2. The molecule has 7 N–H and O–H groups in total. The van der Waals surface area contributed by atoms with Gasteiger partial charge in [0.1, 0.15) is 35.0 Å². The van der Waals surface area contributed by atoms with E-state index in [2.05, 4.69) is 66.0 Å². The van der Waals surface area contributed by atoms with Crippen molar-refractivity contribution in [2.24, 2.45) is 22.7 Å². The SMILES string of the molecule is C.C.CC(C)[C@@H]1OC(=O)[C@@](C)(CO)/C=C/c2ccc3ccc(nc3c2)[C@@H](C)NC(=O)[C@@H]2CCCN(N2)C(=O)[C@H](C)NC1=O.CC(C)[C@@H]1OC(=O)[C@@](C)(CO[Si](C)(C)C(C)(C)C)/C=C/c2ccc3ccc(nc3c2)[C@@H](C)NC(=O)[C@@H]2CCCN(N2)C(=O)[C@H](C)NC1=O. The van der Waals surface area contributed by atoms with Crippen LogP contribution in [0.2, 0.25) is 18.1 Å². The molecule has 0 spiro atoms. The van der Waals surface area contributed by atoms with Crippen LogP contribution >= 0.6 is 0 Å². The zero-order chi connectivity index (χ0) is 65.5. The average Bonchev–Trinajstić information content (AvgIpc) is 1.40. The van der Waals surface area contributed by atoms with Crippen molar-refractivity contribution >= 4 is 89.7 Å². The molecule has 498 valence electrons. The largest absolute Gasteiger partial charge is 0.451 e. The van der Waals surface area contributed by atoms with E-state index >= 15 is 0 Å². The molecule has 2 aromatic carbocycles. The predicted molar refractivity (Wildman–Crippen MR) is 355 cm³/mol. The summed E-state index contributed by atoms with van der Waals surface area (Å²) in [4.78, 5) is 117. The normalized spacial score (nSPS) is 27.6. The van der Waals surface area contributed by atoms with Gasteiger partial charge in [-0.25, -0.2) is 10.9 Å². The van der Waals surface area contributed by atoms with Crippen molar-refractivity contribution in [1.29, 1.82) is 0 Å². The highest BCUT2D eigenvalue weighted by Crippen LogP contribution is 2.39. The molecule has 10 bridgehead atoms. The number of cyclic esters (lactones) is 2. The summed E-state index contributed by atoms with van der Waals surface area (Å²) < 4.78 is 18.2. The number of rotatable bonds is 6. The van der Waals surface area contributed by atoms with Gasteiger partial charge in [-0.1, -0.05) is 124 Å². The molecule has 6 amide bonds. The number of fused-ring (bicyclic) bond motifs is 8. The van der Waals surface area contributed by atoms with Crippen molar-refractivity contribution in [2.75, 3.05) is 26.3 Å². The zero-order valence-corrected chi connectivity index (χ0v) is 55.2. The number of nitrogens with one attached hydrogen (secondary N) is 6. The number of hydrogen-bond acceptors (Lipinski definition) is 16. The first-order valence-electron chi connectivity index (χ1n) is 31.0. The van der Waals surface area contributed by atoms with Crippen molar-refractivity contribution < 1.29 is 57.4 Å². The molecule has 4 aliphatic rings. The lowest BCUT2D eigenvalue weighted by atomic mass is 9.90. The maximum Gasteiger partial charge on any atom is 0.318 e. The van der Waals surface area contributed by atoms with Crippen LogP contribution in [0.5, 0.6) is 0 Å². The van der Waals surface area contributed by atoms with Gasteiger partial charge in [0.15, 0.2) is 20.5 Å². The lowest BCUT2D eigenvalue weighted by Crippen LogP contribution is -2.61. The Hall–Kier alpha value is -7.44. The number of carbonyl (C=O) groups excluding carboxylic acids is 8. The fourth-order valence-corrected chi connectivity index (χ4v) is 11.3. The van der Waals surface area contributed by atoms with E-state index in [0.29, 0.717) is 55.7 Å². The van der Waals surface area contributed by atoms with E-state index in [1.165, 1.54) is 16.9 Å². The topological polar surface area (TPSA) is 289 Å². The molecule has 0 saturated carbocycles. The number of aliphatic hydroxyl groups is 1. The molecule has 8 rings (SSSR count). The van der Waals surface area contributed by atoms with Crippen molar-refractivity contribution in [3.63, 3.8) is 0 Å². The van der Waals surface area contributed by atoms with E-state index in [1.807, 2.05) is 80.6 Å². The molecule has 2 fully saturated rings. The van der Waals surface area contributed by atoms with Gasteiger partial charge in [-0.05, 0) is 133 Å². The van der Waals surface area contributed by atoms with E-state index in [0.717, 1.165) is 27.4 Å². The van der Waals surface area contributed by atoms with Gasteiger partial charge in [0.05, 0.1) is 47.7 Å². The first kappa shape index (κ1) is 74.3. The minimum Gasteiger partial charge on any atom is -0.451 e. The summed E-state index contributed by atoms with van der Waals surface area (Å²) in [5.41, 5.74) is 7.74. The molecule has 0 aliphatic carbocycles. The monoisotopic (exact) mass is 1280 g/mol. The number of amides is 6. The first-order valence-corrected chi connectivity index (χ1v) is 33.9. The average molecular weight is 1280 g/mol. The summed E-state index contributed by atoms with van der Waals surface area (Å²) in [6.45, 7) is 28.1. The Bertz CT molecular complexity index is 3370. The number of aliphatic hydroxyl groups excluding tert-OH is 1. The minimum absolute atomic E-state index is 0. The molecule has 22 nitrogen and oxygen atoms in total. The summed E-state index contributed by atoms with van der Waals surface area (Å²) in [5, 5.41) is 26.1. The third kappa shape index (κ3) is 18.2. The maximum absolute atomic E-state index is 14.1. The van der Waals surface area contributed by atoms with E-state index in [-0.39, 0.29) is 50.3 Å². The molecule has 4 aliphatic heterocycles. The second kappa shape index (κ2) is 30.8. The molecule has 10 atom stereocenters. The Kier molecular flexibility index (Phi) is 25.1. The van der Waals surface area contributed by atoms with Crippen LogP contribution in [0.15, 0.2) is 72.8 Å². The molecule has 0 radical (unpaired) electrons. The molecule has 0 unspecified atom stereocenters. The Labute approximate surface area is 538 Å².